The number of ether oxygens (including phenoxy) is 8. The van der Waals surface area contributed by atoms with Crippen LogP contribution < -0.4 is 5.32 Å². The van der Waals surface area contributed by atoms with Gasteiger partial charge in [-0.05, 0) is 5.56 Å². The van der Waals surface area contributed by atoms with E-state index in [1.165, 1.54) is 6.92 Å². The van der Waals surface area contributed by atoms with E-state index in [9.17, 15) is 34.2 Å². The van der Waals surface area contributed by atoms with Gasteiger partial charge in [-0.2, -0.15) is 0 Å². The van der Waals surface area contributed by atoms with Gasteiger partial charge in [0.05, 0.1) is 20.3 Å². The highest BCUT2D eigenvalue weighted by molar-refractivity contribution is 5.77. The standard InChI is InChI=1S/C28H37NO15/c1-13(31)29-19-21(20(35)18(11-30)42-27(19)38-12-17-9-7-6-8-10-17)43-28-25(41-16(4)34)23(40-15(3)33)22(39-14(2)32)24(44-28)26(36)37-5/h6-10,18-25,27-28,30,35H,11-12H2,1-5H3,(H,29,31)/t18-,19-,20-,21-,22+,23+,24+,25-,27-,28-/m1/s1. The van der Waals surface area contributed by atoms with Crippen molar-refractivity contribution in [3.63, 3.8) is 0 Å². The summed E-state index contributed by atoms with van der Waals surface area (Å²) in [6, 6.07) is 7.68. The van der Waals surface area contributed by atoms with Crippen molar-refractivity contribution in [3.05, 3.63) is 35.9 Å². The maximum absolute atomic E-state index is 12.8. The minimum absolute atomic E-state index is 0.00155. The molecule has 1 amide bonds. The average molecular weight is 628 g/mol. The summed E-state index contributed by atoms with van der Waals surface area (Å²) in [7, 11) is 1.03. The summed E-state index contributed by atoms with van der Waals surface area (Å²) in [5.74, 6) is -4.32. The molecule has 0 unspecified atom stereocenters. The molecule has 0 bridgehead atoms. The van der Waals surface area contributed by atoms with Crippen molar-refractivity contribution < 1.29 is 72.1 Å². The summed E-state index contributed by atoms with van der Waals surface area (Å²) in [6.07, 6.45) is -14.3. The molecule has 10 atom stereocenters. The van der Waals surface area contributed by atoms with E-state index < -0.39 is 97.7 Å². The van der Waals surface area contributed by atoms with E-state index in [4.69, 9.17) is 37.9 Å². The van der Waals surface area contributed by atoms with Gasteiger partial charge in [-0.15, -0.1) is 0 Å². The molecule has 3 rings (SSSR count). The van der Waals surface area contributed by atoms with E-state index in [2.05, 4.69) is 5.32 Å². The minimum atomic E-state index is -1.80. The number of hydrogen-bond donors (Lipinski definition) is 3. The Labute approximate surface area is 252 Å². The van der Waals surface area contributed by atoms with Gasteiger partial charge in [0.2, 0.25) is 5.91 Å². The van der Waals surface area contributed by atoms with Crippen LogP contribution in [-0.4, -0.2) is 115 Å². The number of hydrogen-bond acceptors (Lipinski definition) is 15. The van der Waals surface area contributed by atoms with Crippen molar-refractivity contribution in [3.8, 4) is 0 Å². The van der Waals surface area contributed by atoms with Gasteiger partial charge in [0, 0.05) is 27.7 Å². The Morgan fingerprint density at radius 2 is 1.41 bits per heavy atom. The second kappa shape index (κ2) is 15.9. The molecule has 0 saturated carbocycles. The molecule has 0 radical (unpaired) electrons. The zero-order chi connectivity index (χ0) is 32.6. The number of nitrogens with one attached hydrogen (secondary N) is 1. The molecule has 2 aliphatic heterocycles. The van der Waals surface area contributed by atoms with Crippen LogP contribution in [0.4, 0.5) is 0 Å². The van der Waals surface area contributed by atoms with Crippen LogP contribution in [0.25, 0.3) is 0 Å². The van der Waals surface area contributed by atoms with Crippen LogP contribution in [0.3, 0.4) is 0 Å². The molecule has 1 aromatic carbocycles. The first-order chi connectivity index (χ1) is 20.9. The van der Waals surface area contributed by atoms with Crippen molar-refractivity contribution in [2.24, 2.45) is 0 Å². The van der Waals surface area contributed by atoms with Gasteiger partial charge in [0.1, 0.15) is 24.4 Å². The summed E-state index contributed by atoms with van der Waals surface area (Å²) in [4.78, 5) is 61.3. The topological polar surface area (TPSA) is 212 Å². The molecule has 44 heavy (non-hydrogen) atoms. The third-order valence-electron chi connectivity index (χ3n) is 6.61. The van der Waals surface area contributed by atoms with Crippen molar-refractivity contribution >= 4 is 29.8 Å². The van der Waals surface area contributed by atoms with Crippen LogP contribution in [0.1, 0.15) is 33.3 Å². The van der Waals surface area contributed by atoms with Gasteiger partial charge in [-0.25, -0.2) is 4.79 Å². The number of esters is 4. The van der Waals surface area contributed by atoms with Gasteiger partial charge < -0.3 is 53.4 Å². The molecule has 3 N–H and O–H groups in total. The molecule has 16 heteroatoms. The van der Waals surface area contributed by atoms with Crippen LogP contribution in [0.2, 0.25) is 0 Å². The number of carbonyl (C=O) groups is 5. The Morgan fingerprint density at radius 3 is 1.95 bits per heavy atom. The van der Waals surface area contributed by atoms with Crippen LogP contribution in [-0.2, 0) is 68.5 Å². The fraction of sp³-hybridized carbons (Fsp3) is 0.607. The van der Waals surface area contributed by atoms with E-state index >= 15 is 0 Å². The highest BCUT2D eigenvalue weighted by atomic mass is 16.8. The smallest absolute Gasteiger partial charge is 0.339 e. The first kappa shape index (κ1) is 34.8. The van der Waals surface area contributed by atoms with E-state index in [0.717, 1.165) is 33.4 Å². The first-order valence-electron chi connectivity index (χ1n) is 13.6. The van der Waals surface area contributed by atoms with E-state index in [-0.39, 0.29) is 6.61 Å². The molecule has 2 aliphatic rings. The Morgan fingerprint density at radius 1 is 0.818 bits per heavy atom. The van der Waals surface area contributed by atoms with Crippen molar-refractivity contribution in [2.45, 2.75) is 95.7 Å². The predicted molar refractivity (Wildman–Crippen MR) is 143 cm³/mol. The highest BCUT2D eigenvalue weighted by Gasteiger charge is 2.57. The second-order valence-corrected chi connectivity index (χ2v) is 10.0. The first-order valence-corrected chi connectivity index (χ1v) is 13.6. The van der Waals surface area contributed by atoms with Crippen LogP contribution >= 0.6 is 0 Å². The Kier molecular flexibility index (Phi) is 12.6. The normalized spacial score (nSPS) is 31.7. The van der Waals surface area contributed by atoms with Gasteiger partial charge >= 0.3 is 23.9 Å². The largest absolute Gasteiger partial charge is 0.467 e. The zero-order valence-corrected chi connectivity index (χ0v) is 24.8. The molecule has 2 saturated heterocycles. The fourth-order valence-corrected chi connectivity index (χ4v) is 4.86. The van der Waals surface area contributed by atoms with E-state index in [1.807, 2.05) is 6.07 Å². The molecule has 0 spiro atoms. The molecular weight excluding hydrogens is 590 g/mol. The highest BCUT2D eigenvalue weighted by Crippen LogP contribution is 2.34. The zero-order valence-electron chi connectivity index (χ0n) is 24.8. The van der Waals surface area contributed by atoms with Crippen LogP contribution in [0.5, 0.6) is 0 Å². The molecule has 1 aromatic rings. The van der Waals surface area contributed by atoms with Gasteiger partial charge in [-0.1, -0.05) is 30.3 Å². The molecule has 2 heterocycles. The maximum Gasteiger partial charge on any atom is 0.339 e. The number of aliphatic hydroxyl groups is 2. The Balaban J connectivity index is 2.04. The number of methoxy groups -OCH3 is 1. The average Bonchev–Trinajstić information content (AvgIpc) is 2.96. The summed E-state index contributed by atoms with van der Waals surface area (Å²) in [5.41, 5.74) is 0.744. The number of rotatable bonds is 11. The summed E-state index contributed by atoms with van der Waals surface area (Å²) < 4.78 is 44.3. The van der Waals surface area contributed by atoms with E-state index in [0.29, 0.717) is 0 Å². The number of amides is 1. The molecular formula is C28H37NO15. The van der Waals surface area contributed by atoms with Crippen molar-refractivity contribution in [2.75, 3.05) is 13.7 Å². The number of aliphatic hydroxyl groups excluding tert-OH is 2. The maximum atomic E-state index is 12.8. The van der Waals surface area contributed by atoms with Gasteiger partial charge in [0.15, 0.2) is 37.0 Å². The molecule has 244 valence electrons. The summed E-state index contributed by atoms with van der Waals surface area (Å²) in [6.45, 7) is 3.60. The quantitative estimate of drug-likeness (QED) is 0.196. The van der Waals surface area contributed by atoms with E-state index in [1.54, 1.807) is 24.3 Å². The minimum Gasteiger partial charge on any atom is -0.467 e. The predicted octanol–water partition coefficient (Wildman–Crippen LogP) is -1.14. The third kappa shape index (κ3) is 8.93. The van der Waals surface area contributed by atoms with Crippen LogP contribution in [0.15, 0.2) is 30.3 Å². The fourth-order valence-electron chi connectivity index (χ4n) is 4.86. The molecule has 16 nitrogen and oxygen atoms in total. The Hall–Kier alpha value is -3.67. The lowest BCUT2D eigenvalue weighted by Crippen LogP contribution is -2.69. The number of benzene rings is 1. The van der Waals surface area contributed by atoms with Crippen molar-refractivity contribution in [1.82, 2.24) is 5.32 Å². The summed E-state index contributed by atoms with van der Waals surface area (Å²) >= 11 is 0. The Bertz CT molecular complexity index is 1160. The monoisotopic (exact) mass is 627 g/mol. The third-order valence-corrected chi connectivity index (χ3v) is 6.61. The summed E-state index contributed by atoms with van der Waals surface area (Å²) in [5, 5.41) is 23.8. The van der Waals surface area contributed by atoms with Gasteiger partial charge in [-0.3, -0.25) is 19.2 Å². The lowest BCUT2D eigenvalue weighted by Gasteiger charge is -2.48. The lowest BCUT2D eigenvalue weighted by molar-refractivity contribution is -0.343. The van der Waals surface area contributed by atoms with Crippen molar-refractivity contribution in [1.29, 1.82) is 0 Å². The van der Waals surface area contributed by atoms with Gasteiger partial charge in [0.25, 0.3) is 0 Å². The second-order valence-electron chi connectivity index (χ2n) is 10.0. The number of carbonyl (C=O) groups excluding carboxylic acids is 5. The lowest BCUT2D eigenvalue weighted by atomic mass is 9.95. The van der Waals surface area contributed by atoms with Crippen LogP contribution in [0, 0.1) is 0 Å². The molecule has 2 fully saturated rings. The SMILES string of the molecule is COC(=O)[C@H]1O[C@@H](O[C@H]2[C@H](O)[C@@H](CO)O[C@@H](OCc3ccccc3)[C@@H]2NC(C)=O)[C@H](OC(C)=O)[C@@H](OC(C)=O)[C@@H]1OC(C)=O. The molecule has 0 aliphatic carbocycles. The molecule has 0 aromatic heterocycles.